The third-order valence-electron chi connectivity index (χ3n) is 4.22. The van der Waals surface area contributed by atoms with Crippen LogP contribution in [0.5, 0.6) is 17.2 Å². The van der Waals surface area contributed by atoms with Gasteiger partial charge in [0.25, 0.3) is 5.91 Å². The number of amides is 1. The first kappa shape index (κ1) is 18.8. The second-order valence-corrected chi connectivity index (χ2v) is 6.50. The zero-order chi connectivity index (χ0) is 19.2. The van der Waals surface area contributed by atoms with Crippen molar-refractivity contribution in [2.75, 3.05) is 19.8 Å². The molecular formula is C21H24N2O4. The molecule has 0 saturated carbocycles. The topological polar surface area (TPSA) is 69.2 Å². The molecule has 0 fully saturated rings. The van der Waals surface area contributed by atoms with Gasteiger partial charge >= 0.3 is 0 Å². The molecule has 142 valence electrons. The number of nitrogens with zero attached hydrogens (tertiary/aromatic N) is 1. The molecule has 0 unspecified atom stereocenters. The van der Waals surface area contributed by atoms with E-state index in [1.165, 1.54) is 0 Å². The number of hydrogen-bond donors (Lipinski definition) is 1. The Balaban J connectivity index is 1.59. The minimum atomic E-state index is -0.315. The van der Waals surface area contributed by atoms with Crippen molar-refractivity contribution in [1.29, 1.82) is 0 Å². The summed E-state index contributed by atoms with van der Waals surface area (Å²) in [6, 6.07) is 11.5. The van der Waals surface area contributed by atoms with Crippen LogP contribution in [0, 0.1) is 13.8 Å². The van der Waals surface area contributed by atoms with Gasteiger partial charge in [0.15, 0.2) is 18.1 Å². The van der Waals surface area contributed by atoms with Crippen LogP contribution in [0.4, 0.5) is 0 Å². The number of carbonyl (C=O) groups is 1. The number of rotatable bonds is 5. The average molecular weight is 368 g/mol. The van der Waals surface area contributed by atoms with Crippen molar-refractivity contribution in [3.05, 3.63) is 53.1 Å². The van der Waals surface area contributed by atoms with Gasteiger partial charge in [0.2, 0.25) is 0 Å². The monoisotopic (exact) mass is 368 g/mol. The molecule has 1 amide bonds. The summed E-state index contributed by atoms with van der Waals surface area (Å²) in [6.07, 6.45) is 0.855. The van der Waals surface area contributed by atoms with Gasteiger partial charge < -0.3 is 14.2 Å². The highest BCUT2D eigenvalue weighted by Gasteiger charge is 2.12. The van der Waals surface area contributed by atoms with Crippen LogP contribution in [-0.4, -0.2) is 31.4 Å². The summed E-state index contributed by atoms with van der Waals surface area (Å²) in [6.45, 7) is 6.93. The van der Waals surface area contributed by atoms with E-state index < -0.39 is 0 Å². The quantitative estimate of drug-likeness (QED) is 0.649. The summed E-state index contributed by atoms with van der Waals surface area (Å²) in [5.41, 5.74) is 6.13. The number of hydrogen-bond acceptors (Lipinski definition) is 5. The lowest BCUT2D eigenvalue weighted by molar-refractivity contribution is -0.123. The maximum Gasteiger partial charge on any atom is 0.277 e. The van der Waals surface area contributed by atoms with Crippen molar-refractivity contribution >= 4 is 11.6 Å². The van der Waals surface area contributed by atoms with Gasteiger partial charge in [0, 0.05) is 12.0 Å². The van der Waals surface area contributed by atoms with Crippen LogP contribution in [0.15, 0.2) is 41.5 Å². The van der Waals surface area contributed by atoms with Crippen molar-refractivity contribution < 1.29 is 19.0 Å². The Morgan fingerprint density at radius 3 is 2.70 bits per heavy atom. The smallest absolute Gasteiger partial charge is 0.277 e. The van der Waals surface area contributed by atoms with Gasteiger partial charge in [0.1, 0.15) is 5.75 Å². The second-order valence-electron chi connectivity index (χ2n) is 6.50. The predicted molar refractivity (Wildman–Crippen MR) is 104 cm³/mol. The third-order valence-corrected chi connectivity index (χ3v) is 4.22. The van der Waals surface area contributed by atoms with Gasteiger partial charge in [-0.05, 0) is 56.2 Å². The maximum absolute atomic E-state index is 12.0. The second kappa shape index (κ2) is 8.58. The minimum Gasteiger partial charge on any atom is -0.490 e. The van der Waals surface area contributed by atoms with Gasteiger partial charge in [-0.15, -0.1) is 0 Å². The van der Waals surface area contributed by atoms with Crippen LogP contribution in [0.25, 0.3) is 0 Å². The molecule has 0 radical (unpaired) electrons. The van der Waals surface area contributed by atoms with Crippen LogP contribution in [0.3, 0.4) is 0 Å². The summed E-state index contributed by atoms with van der Waals surface area (Å²) < 4.78 is 16.9. The molecule has 0 bridgehead atoms. The molecule has 0 aliphatic carbocycles. The lowest BCUT2D eigenvalue weighted by Crippen LogP contribution is -2.25. The zero-order valence-corrected chi connectivity index (χ0v) is 15.9. The van der Waals surface area contributed by atoms with Crippen LogP contribution >= 0.6 is 0 Å². The minimum absolute atomic E-state index is 0.0950. The Labute approximate surface area is 159 Å². The van der Waals surface area contributed by atoms with Crippen LogP contribution < -0.4 is 19.6 Å². The third kappa shape index (κ3) is 5.00. The molecule has 0 atom stereocenters. The standard InChI is InChI=1S/C21H24N2O4/c1-14-5-6-15(2)19(11-14)27-13-21(24)23-22-16(3)17-7-8-18-20(12-17)26-10-4-9-25-18/h5-8,11-12H,4,9-10,13H2,1-3H3,(H,23,24)/b22-16-. The summed E-state index contributed by atoms with van der Waals surface area (Å²) in [4.78, 5) is 12.0. The molecule has 1 heterocycles. The average Bonchev–Trinajstić information content (AvgIpc) is 2.91. The molecule has 0 spiro atoms. The molecule has 27 heavy (non-hydrogen) atoms. The normalized spacial score (nSPS) is 13.7. The Morgan fingerprint density at radius 2 is 1.89 bits per heavy atom. The van der Waals surface area contributed by atoms with Gasteiger partial charge in [-0.2, -0.15) is 5.10 Å². The van der Waals surface area contributed by atoms with E-state index in [1.807, 2.05) is 57.2 Å². The highest BCUT2D eigenvalue weighted by molar-refractivity contribution is 5.99. The molecule has 0 aromatic heterocycles. The molecular weight excluding hydrogens is 344 g/mol. The number of fused-ring (bicyclic) bond motifs is 1. The van der Waals surface area contributed by atoms with Gasteiger partial charge in [-0.1, -0.05) is 12.1 Å². The molecule has 6 heteroatoms. The molecule has 2 aromatic rings. The first-order valence-electron chi connectivity index (χ1n) is 8.96. The summed E-state index contributed by atoms with van der Waals surface area (Å²) in [5.74, 6) is 1.82. The lowest BCUT2D eigenvalue weighted by atomic mass is 10.1. The number of hydrazone groups is 1. The van der Waals surface area contributed by atoms with E-state index in [-0.39, 0.29) is 12.5 Å². The summed E-state index contributed by atoms with van der Waals surface area (Å²) in [5, 5.41) is 4.16. The zero-order valence-electron chi connectivity index (χ0n) is 15.9. The van der Waals surface area contributed by atoms with E-state index in [0.717, 1.165) is 28.9 Å². The Kier molecular flexibility index (Phi) is 5.96. The molecule has 2 aromatic carbocycles. The van der Waals surface area contributed by atoms with Crippen molar-refractivity contribution in [2.45, 2.75) is 27.2 Å². The van der Waals surface area contributed by atoms with E-state index in [4.69, 9.17) is 14.2 Å². The van der Waals surface area contributed by atoms with Crippen molar-refractivity contribution in [3.63, 3.8) is 0 Å². The number of aryl methyl sites for hydroxylation is 2. The van der Waals surface area contributed by atoms with Crippen LogP contribution in [-0.2, 0) is 4.79 Å². The Bertz CT molecular complexity index is 861. The number of nitrogens with one attached hydrogen (secondary N) is 1. The highest BCUT2D eigenvalue weighted by Crippen LogP contribution is 2.30. The van der Waals surface area contributed by atoms with Gasteiger partial charge in [0.05, 0.1) is 18.9 Å². The SMILES string of the molecule is C/C(=N/NC(=O)COc1cc(C)ccc1C)c1ccc2c(c1)OCCCO2. The fourth-order valence-corrected chi connectivity index (χ4v) is 2.64. The Hall–Kier alpha value is -3.02. The van der Waals surface area contributed by atoms with E-state index >= 15 is 0 Å². The van der Waals surface area contributed by atoms with E-state index in [2.05, 4.69) is 10.5 Å². The fourth-order valence-electron chi connectivity index (χ4n) is 2.64. The first-order chi connectivity index (χ1) is 13.0. The number of ether oxygens (including phenoxy) is 3. The maximum atomic E-state index is 12.0. The largest absolute Gasteiger partial charge is 0.490 e. The van der Waals surface area contributed by atoms with E-state index in [1.54, 1.807) is 0 Å². The van der Waals surface area contributed by atoms with E-state index in [0.29, 0.717) is 30.4 Å². The number of carbonyl (C=O) groups excluding carboxylic acids is 1. The van der Waals surface area contributed by atoms with Gasteiger partial charge in [-0.3, -0.25) is 4.79 Å². The van der Waals surface area contributed by atoms with Crippen LogP contribution in [0.1, 0.15) is 30.0 Å². The van der Waals surface area contributed by atoms with Crippen molar-refractivity contribution in [3.8, 4) is 17.2 Å². The van der Waals surface area contributed by atoms with E-state index in [9.17, 15) is 4.79 Å². The molecule has 1 aliphatic heterocycles. The summed E-state index contributed by atoms with van der Waals surface area (Å²) in [7, 11) is 0. The van der Waals surface area contributed by atoms with Gasteiger partial charge in [-0.25, -0.2) is 5.43 Å². The molecule has 1 N–H and O–H groups in total. The summed E-state index contributed by atoms with van der Waals surface area (Å²) >= 11 is 0. The predicted octanol–water partition coefficient (Wildman–Crippen LogP) is 3.38. The Morgan fingerprint density at radius 1 is 1.11 bits per heavy atom. The molecule has 6 nitrogen and oxygen atoms in total. The fraction of sp³-hybridized carbons (Fsp3) is 0.333. The van der Waals surface area contributed by atoms with Crippen molar-refractivity contribution in [1.82, 2.24) is 5.43 Å². The molecule has 1 aliphatic rings. The van der Waals surface area contributed by atoms with Crippen LogP contribution in [0.2, 0.25) is 0 Å². The number of benzene rings is 2. The molecule has 0 saturated heterocycles. The molecule has 3 rings (SSSR count). The highest BCUT2D eigenvalue weighted by atomic mass is 16.5. The first-order valence-corrected chi connectivity index (χ1v) is 8.96. The lowest BCUT2D eigenvalue weighted by Gasteiger charge is -2.10. The van der Waals surface area contributed by atoms with Crippen molar-refractivity contribution in [2.24, 2.45) is 5.10 Å².